The molecular weight excluding hydrogens is 313 g/mol. The normalized spacial score (nSPS) is 20.6. The SMILES string of the molecule is NC(=O)C1CCCN1S(=O)(=O)c1cnc(Cl)c(Cl)c1. The summed E-state index contributed by atoms with van der Waals surface area (Å²) in [6, 6.07) is 0.391. The molecule has 0 saturated carbocycles. The molecule has 0 aromatic carbocycles. The second-order valence-corrected chi connectivity index (χ2v) is 6.78. The predicted molar refractivity (Wildman–Crippen MR) is 70.4 cm³/mol. The van der Waals surface area contributed by atoms with Crippen molar-refractivity contribution in [2.75, 3.05) is 6.54 Å². The van der Waals surface area contributed by atoms with Gasteiger partial charge in [-0.3, -0.25) is 4.79 Å². The fraction of sp³-hybridized carbons (Fsp3) is 0.400. The van der Waals surface area contributed by atoms with Crippen molar-refractivity contribution in [3.05, 3.63) is 22.4 Å². The molecule has 1 aromatic rings. The maximum absolute atomic E-state index is 12.4. The Bertz CT molecular complexity index is 620. The Hall–Kier alpha value is -0.890. The smallest absolute Gasteiger partial charge is 0.245 e. The van der Waals surface area contributed by atoms with Gasteiger partial charge in [0, 0.05) is 12.7 Å². The van der Waals surface area contributed by atoms with Crippen molar-refractivity contribution in [2.24, 2.45) is 5.73 Å². The van der Waals surface area contributed by atoms with E-state index in [-0.39, 0.29) is 21.6 Å². The number of primary amides is 1. The van der Waals surface area contributed by atoms with Crippen LogP contribution in [0.5, 0.6) is 0 Å². The van der Waals surface area contributed by atoms with Gasteiger partial charge in [0.2, 0.25) is 15.9 Å². The first-order valence-electron chi connectivity index (χ1n) is 5.46. The number of rotatable bonds is 3. The number of aromatic nitrogens is 1. The van der Waals surface area contributed by atoms with E-state index in [1.165, 1.54) is 6.07 Å². The number of nitrogens with two attached hydrogens (primary N) is 1. The molecule has 9 heteroatoms. The first-order valence-corrected chi connectivity index (χ1v) is 7.66. The molecule has 1 saturated heterocycles. The average molecular weight is 324 g/mol. The van der Waals surface area contributed by atoms with Crippen LogP contribution in [0, 0.1) is 0 Å². The highest BCUT2D eigenvalue weighted by molar-refractivity contribution is 7.89. The van der Waals surface area contributed by atoms with Gasteiger partial charge < -0.3 is 5.73 Å². The van der Waals surface area contributed by atoms with Gasteiger partial charge in [0.1, 0.15) is 16.1 Å². The predicted octanol–water partition coefficient (Wildman–Crippen LogP) is 1.03. The minimum atomic E-state index is -3.85. The fourth-order valence-corrected chi connectivity index (χ4v) is 3.96. The van der Waals surface area contributed by atoms with Gasteiger partial charge in [0.05, 0.1) is 5.02 Å². The molecule has 1 amide bonds. The fourth-order valence-electron chi connectivity index (χ4n) is 1.99. The lowest BCUT2D eigenvalue weighted by Gasteiger charge is -2.21. The van der Waals surface area contributed by atoms with Crippen LogP contribution in [0.1, 0.15) is 12.8 Å². The molecule has 2 heterocycles. The Kier molecular flexibility index (Phi) is 4.00. The number of sulfonamides is 1. The molecule has 1 aliphatic heterocycles. The van der Waals surface area contributed by atoms with Crippen molar-refractivity contribution < 1.29 is 13.2 Å². The molecule has 104 valence electrons. The van der Waals surface area contributed by atoms with Gasteiger partial charge in [-0.1, -0.05) is 23.2 Å². The van der Waals surface area contributed by atoms with Crippen LogP contribution in [0.3, 0.4) is 0 Å². The third-order valence-electron chi connectivity index (χ3n) is 2.91. The van der Waals surface area contributed by atoms with E-state index in [1.54, 1.807) is 0 Å². The van der Waals surface area contributed by atoms with Gasteiger partial charge in [0.15, 0.2) is 0 Å². The molecule has 1 fully saturated rings. The van der Waals surface area contributed by atoms with Crippen molar-refractivity contribution in [2.45, 2.75) is 23.8 Å². The van der Waals surface area contributed by atoms with E-state index in [0.717, 1.165) is 10.5 Å². The highest BCUT2D eigenvalue weighted by atomic mass is 35.5. The summed E-state index contributed by atoms with van der Waals surface area (Å²) in [7, 11) is -3.85. The zero-order chi connectivity index (χ0) is 14.2. The van der Waals surface area contributed by atoms with Crippen LogP contribution in [0.4, 0.5) is 0 Å². The standard InChI is InChI=1S/C10H11Cl2N3O3S/c11-7-4-6(5-14-9(7)12)19(17,18)15-3-1-2-8(15)10(13)16/h4-5,8H,1-3H2,(H2,13,16). The van der Waals surface area contributed by atoms with E-state index < -0.39 is 22.0 Å². The monoisotopic (exact) mass is 323 g/mol. The minimum absolute atomic E-state index is 0.0217. The highest BCUT2D eigenvalue weighted by Crippen LogP contribution is 2.28. The molecule has 6 nitrogen and oxygen atoms in total. The Labute approximate surface area is 120 Å². The number of nitrogens with zero attached hydrogens (tertiary/aromatic N) is 2. The summed E-state index contributed by atoms with van der Waals surface area (Å²) in [6.45, 7) is 0.246. The maximum Gasteiger partial charge on any atom is 0.245 e. The van der Waals surface area contributed by atoms with Gasteiger partial charge in [-0.25, -0.2) is 13.4 Å². The Morgan fingerprint density at radius 3 is 2.74 bits per heavy atom. The molecule has 19 heavy (non-hydrogen) atoms. The van der Waals surface area contributed by atoms with Crippen molar-refractivity contribution in [1.82, 2.24) is 9.29 Å². The van der Waals surface area contributed by atoms with Gasteiger partial charge in [-0.05, 0) is 18.9 Å². The zero-order valence-electron chi connectivity index (χ0n) is 9.71. The topological polar surface area (TPSA) is 93.4 Å². The van der Waals surface area contributed by atoms with Gasteiger partial charge in [-0.2, -0.15) is 4.31 Å². The third kappa shape index (κ3) is 2.69. The Morgan fingerprint density at radius 2 is 2.16 bits per heavy atom. The number of hydrogen-bond acceptors (Lipinski definition) is 4. The first kappa shape index (κ1) is 14.5. The summed E-state index contributed by atoms with van der Waals surface area (Å²) < 4.78 is 25.9. The quantitative estimate of drug-likeness (QED) is 0.840. The van der Waals surface area contributed by atoms with Gasteiger partial charge in [-0.15, -0.1) is 0 Å². The Balaban J connectivity index is 2.42. The van der Waals surface area contributed by atoms with E-state index in [1.807, 2.05) is 0 Å². The van der Waals surface area contributed by atoms with Gasteiger partial charge >= 0.3 is 0 Å². The molecule has 0 spiro atoms. The molecule has 2 N–H and O–H groups in total. The maximum atomic E-state index is 12.4. The summed E-state index contributed by atoms with van der Waals surface area (Å²) in [4.78, 5) is 14.9. The lowest BCUT2D eigenvalue weighted by atomic mass is 10.2. The summed E-state index contributed by atoms with van der Waals surface area (Å²) in [6.07, 6.45) is 2.12. The molecule has 0 aliphatic carbocycles. The van der Waals surface area contributed by atoms with Crippen molar-refractivity contribution in [3.63, 3.8) is 0 Å². The molecule has 1 aliphatic rings. The lowest BCUT2D eigenvalue weighted by molar-refractivity contribution is -0.121. The van der Waals surface area contributed by atoms with Crippen LogP contribution >= 0.6 is 23.2 Å². The number of pyridine rings is 1. The molecule has 1 aromatic heterocycles. The second kappa shape index (κ2) is 5.24. The first-order chi connectivity index (χ1) is 8.84. The van der Waals surface area contributed by atoms with Crippen molar-refractivity contribution in [3.8, 4) is 0 Å². The molecular formula is C10H11Cl2N3O3S. The summed E-state index contributed by atoms with van der Waals surface area (Å²) in [5.41, 5.74) is 5.21. The van der Waals surface area contributed by atoms with Crippen LogP contribution in [-0.2, 0) is 14.8 Å². The van der Waals surface area contributed by atoms with Crippen LogP contribution in [0.2, 0.25) is 10.2 Å². The van der Waals surface area contributed by atoms with E-state index >= 15 is 0 Å². The average Bonchev–Trinajstić information content (AvgIpc) is 2.82. The van der Waals surface area contributed by atoms with E-state index in [2.05, 4.69) is 4.98 Å². The summed E-state index contributed by atoms with van der Waals surface area (Å²) in [5.74, 6) is -0.658. The van der Waals surface area contributed by atoms with Crippen LogP contribution in [-0.4, -0.2) is 36.2 Å². The van der Waals surface area contributed by atoms with E-state index in [9.17, 15) is 13.2 Å². The lowest BCUT2D eigenvalue weighted by Crippen LogP contribution is -2.43. The molecule has 1 atom stereocenters. The molecule has 2 rings (SSSR count). The number of carbonyl (C=O) groups excluding carboxylic acids is 1. The van der Waals surface area contributed by atoms with E-state index in [4.69, 9.17) is 28.9 Å². The van der Waals surface area contributed by atoms with Crippen molar-refractivity contribution in [1.29, 1.82) is 0 Å². The number of amides is 1. The highest BCUT2D eigenvalue weighted by Gasteiger charge is 2.38. The van der Waals surface area contributed by atoms with Crippen molar-refractivity contribution >= 4 is 39.1 Å². The Morgan fingerprint density at radius 1 is 1.47 bits per heavy atom. The van der Waals surface area contributed by atoms with Crippen LogP contribution in [0.25, 0.3) is 0 Å². The number of hydrogen-bond donors (Lipinski definition) is 1. The van der Waals surface area contributed by atoms with Crippen LogP contribution < -0.4 is 5.73 Å². The van der Waals surface area contributed by atoms with Crippen LogP contribution in [0.15, 0.2) is 17.2 Å². The van der Waals surface area contributed by atoms with Gasteiger partial charge in [0.25, 0.3) is 0 Å². The molecule has 0 bridgehead atoms. The summed E-state index contributed by atoms with van der Waals surface area (Å²) in [5, 5.41) is 0.0612. The summed E-state index contributed by atoms with van der Waals surface area (Å²) >= 11 is 11.4. The zero-order valence-corrected chi connectivity index (χ0v) is 12.0. The second-order valence-electron chi connectivity index (χ2n) is 4.12. The third-order valence-corrected chi connectivity index (χ3v) is 5.47. The van der Waals surface area contributed by atoms with E-state index in [0.29, 0.717) is 12.8 Å². The minimum Gasteiger partial charge on any atom is -0.368 e. The molecule has 1 unspecified atom stereocenters. The largest absolute Gasteiger partial charge is 0.368 e. The number of carbonyl (C=O) groups is 1. The molecule has 0 radical (unpaired) electrons. The number of halogens is 2.